The molecule has 120 valence electrons. The van der Waals surface area contributed by atoms with Crippen molar-refractivity contribution in [1.29, 1.82) is 0 Å². The SMILES string of the molecule is CCCN(CCO)CCC(NCC)c1cccc(F)c1F. The van der Waals surface area contributed by atoms with Gasteiger partial charge in [-0.15, -0.1) is 0 Å². The summed E-state index contributed by atoms with van der Waals surface area (Å²) in [5.74, 6) is -1.58. The van der Waals surface area contributed by atoms with Gasteiger partial charge in [-0.3, -0.25) is 0 Å². The topological polar surface area (TPSA) is 35.5 Å². The Balaban J connectivity index is 2.75. The maximum atomic E-state index is 13.9. The molecule has 0 heterocycles. The van der Waals surface area contributed by atoms with Crippen LogP contribution in [0.25, 0.3) is 0 Å². The van der Waals surface area contributed by atoms with Gasteiger partial charge in [0, 0.05) is 24.7 Å². The zero-order valence-corrected chi connectivity index (χ0v) is 12.9. The van der Waals surface area contributed by atoms with Crippen LogP contribution in [-0.2, 0) is 0 Å². The summed E-state index contributed by atoms with van der Waals surface area (Å²) in [4.78, 5) is 2.14. The number of halogens is 2. The second kappa shape index (κ2) is 9.82. The summed E-state index contributed by atoms with van der Waals surface area (Å²) < 4.78 is 27.3. The van der Waals surface area contributed by atoms with Crippen LogP contribution >= 0.6 is 0 Å². The Morgan fingerprint density at radius 3 is 2.57 bits per heavy atom. The van der Waals surface area contributed by atoms with Crippen LogP contribution in [0.5, 0.6) is 0 Å². The van der Waals surface area contributed by atoms with Crippen LogP contribution < -0.4 is 5.32 Å². The van der Waals surface area contributed by atoms with Gasteiger partial charge in [-0.2, -0.15) is 0 Å². The summed E-state index contributed by atoms with van der Waals surface area (Å²) in [5.41, 5.74) is 0.372. The number of aliphatic hydroxyl groups excluding tert-OH is 1. The summed E-state index contributed by atoms with van der Waals surface area (Å²) in [6.07, 6.45) is 1.68. The van der Waals surface area contributed by atoms with Crippen LogP contribution in [0.2, 0.25) is 0 Å². The Morgan fingerprint density at radius 1 is 1.19 bits per heavy atom. The molecule has 1 rings (SSSR count). The zero-order valence-electron chi connectivity index (χ0n) is 12.9. The van der Waals surface area contributed by atoms with Gasteiger partial charge >= 0.3 is 0 Å². The van der Waals surface area contributed by atoms with Crippen molar-refractivity contribution in [1.82, 2.24) is 10.2 Å². The lowest BCUT2D eigenvalue weighted by Crippen LogP contribution is -2.32. The number of hydrogen-bond acceptors (Lipinski definition) is 3. The number of nitrogens with one attached hydrogen (secondary N) is 1. The largest absolute Gasteiger partial charge is 0.395 e. The molecule has 0 aliphatic rings. The molecule has 0 spiro atoms. The van der Waals surface area contributed by atoms with Gasteiger partial charge in [-0.05, 0) is 32.0 Å². The number of nitrogens with zero attached hydrogens (tertiary/aromatic N) is 1. The van der Waals surface area contributed by atoms with Gasteiger partial charge in [0.25, 0.3) is 0 Å². The fraction of sp³-hybridized carbons (Fsp3) is 0.625. The van der Waals surface area contributed by atoms with Crippen LogP contribution in [-0.4, -0.2) is 42.8 Å². The van der Waals surface area contributed by atoms with Crippen molar-refractivity contribution in [2.45, 2.75) is 32.7 Å². The predicted octanol–water partition coefficient (Wildman–Crippen LogP) is 2.71. The van der Waals surface area contributed by atoms with Crippen molar-refractivity contribution < 1.29 is 13.9 Å². The van der Waals surface area contributed by atoms with Crippen LogP contribution in [0.4, 0.5) is 8.78 Å². The molecule has 1 unspecified atom stereocenters. The summed E-state index contributed by atoms with van der Waals surface area (Å²) in [6.45, 7) is 7.07. The van der Waals surface area contributed by atoms with Crippen molar-refractivity contribution in [2.75, 3.05) is 32.8 Å². The predicted molar refractivity (Wildman–Crippen MR) is 81.2 cm³/mol. The number of aliphatic hydroxyl groups is 1. The van der Waals surface area contributed by atoms with E-state index in [1.54, 1.807) is 6.07 Å². The third-order valence-electron chi connectivity index (χ3n) is 3.50. The molecule has 1 aromatic carbocycles. The first-order chi connectivity index (χ1) is 10.1. The Bertz CT molecular complexity index is 409. The van der Waals surface area contributed by atoms with Gasteiger partial charge in [0.1, 0.15) is 0 Å². The molecule has 5 heteroatoms. The maximum absolute atomic E-state index is 13.9. The number of benzene rings is 1. The molecule has 3 nitrogen and oxygen atoms in total. The lowest BCUT2D eigenvalue weighted by atomic mass is 10.0. The first-order valence-corrected chi connectivity index (χ1v) is 7.64. The highest BCUT2D eigenvalue weighted by molar-refractivity contribution is 5.22. The minimum Gasteiger partial charge on any atom is -0.395 e. The monoisotopic (exact) mass is 300 g/mol. The smallest absolute Gasteiger partial charge is 0.163 e. The fourth-order valence-corrected chi connectivity index (χ4v) is 2.51. The van der Waals surface area contributed by atoms with Crippen molar-refractivity contribution in [2.24, 2.45) is 0 Å². The molecule has 21 heavy (non-hydrogen) atoms. The van der Waals surface area contributed by atoms with Gasteiger partial charge in [0.05, 0.1) is 6.61 Å². The maximum Gasteiger partial charge on any atom is 0.163 e. The van der Waals surface area contributed by atoms with Crippen molar-refractivity contribution >= 4 is 0 Å². The third kappa shape index (κ3) is 5.69. The Kier molecular flexibility index (Phi) is 8.42. The average Bonchev–Trinajstić information content (AvgIpc) is 2.47. The Morgan fingerprint density at radius 2 is 1.95 bits per heavy atom. The van der Waals surface area contributed by atoms with Gasteiger partial charge in [-0.1, -0.05) is 26.0 Å². The molecule has 0 bridgehead atoms. The van der Waals surface area contributed by atoms with E-state index in [2.05, 4.69) is 17.1 Å². The van der Waals surface area contributed by atoms with Crippen molar-refractivity contribution in [3.63, 3.8) is 0 Å². The molecule has 0 saturated carbocycles. The standard InChI is InChI=1S/C16H26F2N2O/c1-3-9-20(11-12-21)10-8-15(19-4-2)13-6-5-7-14(17)16(13)18/h5-7,15,19,21H,3-4,8-12H2,1-2H3. The number of rotatable bonds is 10. The highest BCUT2D eigenvalue weighted by Gasteiger charge is 2.18. The highest BCUT2D eigenvalue weighted by atomic mass is 19.2. The molecule has 1 aromatic rings. The highest BCUT2D eigenvalue weighted by Crippen LogP contribution is 2.22. The van der Waals surface area contributed by atoms with Gasteiger partial charge < -0.3 is 15.3 Å². The van der Waals surface area contributed by atoms with E-state index in [1.165, 1.54) is 6.07 Å². The van der Waals surface area contributed by atoms with Crippen molar-refractivity contribution in [3.8, 4) is 0 Å². The second-order valence-electron chi connectivity index (χ2n) is 5.11. The molecular weight excluding hydrogens is 274 g/mol. The fourth-order valence-electron chi connectivity index (χ4n) is 2.51. The van der Waals surface area contributed by atoms with Gasteiger partial charge in [0.15, 0.2) is 11.6 Å². The quantitative estimate of drug-likeness (QED) is 0.697. The van der Waals surface area contributed by atoms with Gasteiger partial charge in [-0.25, -0.2) is 8.78 Å². The summed E-state index contributed by atoms with van der Waals surface area (Å²) >= 11 is 0. The number of hydrogen-bond donors (Lipinski definition) is 2. The molecule has 0 radical (unpaired) electrons. The van der Waals surface area contributed by atoms with E-state index >= 15 is 0 Å². The average molecular weight is 300 g/mol. The summed E-state index contributed by atoms with van der Waals surface area (Å²) in [5, 5.41) is 12.3. The minimum atomic E-state index is -0.809. The van der Waals surface area contributed by atoms with Crippen LogP contribution in [0, 0.1) is 11.6 Å². The molecule has 0 aliphatic carbocycles. The molecule has 0 aliphatic heterocycles. The molecule has 0 amide bonds. The minimum absolute atomic E-state index is 0.111. The van der Waals surface area contributed by atoms with Gasteiger partial charge in [0.2, 0.25) is 0 Å². The van der Waals surface area contributed by atoms with E-state index in [0.29, 0.717) is 25.1 Å². The van der Waals surface area contributed by atoms with Crippen LogP contribution in [0.15, 0.2) is 18.2 Å². The molecule has 0 saturated heterocycles. The second-order valence-corrected chi connectivity index (χ2v) is 5.11. The Hall–Kier alpha value is -1.04. The Labute approximate surface area is 126 Å². The van der Waals surface area contributed by atoms with E-state index < -0.39 is 11.6 Å². The first-order valence-electron chi connectivity index (χ1n) is 7.64. The van der Waals surface area contributed by atoms with E-state index in [-0.39, 0.29) is 12.6 Å². The summed E-state index contributed by atoms with van der Waals surface area (Å²) in [7, 11) is 0. The van der Waals surface area contributed by atoms with E-state index in [4.69, 9.17) is 5.11 Å². The van der Waals surface area contributed by atoms with Crippen molar-refractivity contribution in [3.05, 3.63) is 35.4 Å². The van der Waals surface area contributed by atoms with Crippen LogP contribution in [0.3, 0.4) is 0 Å². The first kappa shape index (κ1) is 18.0. The van der Waals surface area contributed by atoms with E-state index in [9.17, 15) is 8.78 Å². The summed E-state index contributed by atoms with van der Waals surface area (Å²) in [6, 6.07) is 4.08. The lowest BCUT2D eigenvalue weighted by Gasteiger charge is -2.25. The molecule has 2 N–H and O–H groups in total. The normalized spacial score (nSPS) is 12.9. The van der Waals surface area contributed by atoms with E-state index in [0.717, 1.165) is 25.6 Å². The van der Waals surface area contributed by atoms with Crippen LogP contribution in [0.1, 0.15) is 38.3 Å². The molecular formula is C16H26F2N2O. The molecule has 1 atom stereocenters. The zero-order chi connectivity index (χ0) is 15.7. The lowest BCUT2D eigenvalue weighted by molar-refractivity contribution is 0.189. The van der Waals surface area contributed by atoms with E-state index in [1.807, 2.05) is 6.92 Å². The molecule has 0 fully saturated rings. The third-order valence-corrected chi connectivity index (χ3v) is 3.50. The molecule has 0 aromatic heterocycles.